The van der Waals surface area contributed by atoms with Gasteiger partial charge >= 0.3 is 6.03 Å². The molecule has 0 spiro atoms. The van der Waals surface area contributed by atoms with E-state index >= 15 is 0 Å². The molecule has 3 aliphatic rings. The maximum atomic E-state index is 12.3. The highest BCUT2D eigenvalue weighted by Gasteiger charge is 2.31. The normalized spacial score (nSPS) is 26.0. The fraction of sp³-hybridized carbons (Fsp3) is 0.889. The monoisotopic (exact) mass is 352 g/mol. The largest absolute Gasteiger partial charge is 0.368 e. The van der Waals surface area contributed by atoms with E-state index in [-0.39, 0.29) is 18.0 Å². The minimum atomic E-state index is -0.257. The van der Waals surface area contributed by atoms with Crippen molar-refractivity contribution in [3.8, 4) is 0 Å². The van der Waals surface area contributed by atoms with Crippen LogP contribution in [0.1, 0.15) is 32.6 Å². The number of nitrogens with zero attached hydrogens (tertiary/aromatic N) is 3. The molecule has 142 valence electrons. The van der Waals surface area contributed by atoms with Crippen LogP contribution >= 0.6 is 0 Å². The van der Waals surface area contributed by atoms with Crippen LogP contribution in [0, 0.1) is 5.92 Å². The molecule has 25 heavy (non-hydrogen) atoms. The SMILES string of the molecule is CC1CCN(CCNC(=O)N2CCN(C(=O)C3CCCO3)CC2)CC1. The third-order valence-electron chi connectivity index (χ3n) is 5.66. The smallest absolute Gasteiger partial charge is 0.317 e. The molecule has 0 radical (unpaired) electrons. The second-order valence-electron chi connectivity index (χ2n) is 7.57. The second kappa shape index (κ2) is 8.85. The van der Waals surface area contributed by atoms with Crippen LogP contribution < -0.4 is 5.32 Å². The number of carbonyl (C=O) groups is 2. The van der Waals surface area contributed by atoms with Crippen LogP contribution in [0.25, 0.3) is 0 Å². The van der Waals surface area contributed by atoms with E-state index < -0.39 is 0 Å². The van der Waals surface area contributed by atoms with Crippen molar-refractivity contribution in [3.05, 3.63) is 0 Å². The Kier molecular flexibility index (Phi) is 6.53. The maximum absolute atomic E-state index is 12.3. The fourth-order valence-electron chi connectivity index (χ4n) is 3.82. The van der Waals surface area contributed by atoms with Gasteiger partial charge in [0.05, 0.1) is 0 Å². The summed E-state index contributed by atoms with van der Waals surface area (Å²) < 4.78 is 5.47. The molecule has 1 unspecified atom stereocenters. The lowest BCUT2D eigenvalue weighted by Gasteiger charge is -2.36. The highest BCUT2D eigenvalue weighted by molar-refractivity contribution is 5.81. The van der Waals surface area contributed by atoms with Gasteiger partial charge in [0, 0.05) is 45.9 Å². The van der Waals surface area contributed by atoms with Crippen LogP contribution in [0.2, 0.25) is 0 Å². The van der Waals surface area contributed by atoms with Gasteiger partial charge in [-0.2, -0.15) is 0 Å². The first-order chi connectivity index (χ1) is 12.1. The van der Waals surface area contributed by atoms with E-state index in [1.165, 1.54) is 12.8 Å². The molecule has 3 heterocycles. The van der Waals surface area contributed by atoms with E-state index in [0.717, 1.165) is 38.4 Å². The molecule has 7 nitrogen and oxygen atoms in total. The molecular weight excluding hydrogens is 320 g/mol. The first-order valence-electron chi connectivity index (χ1n) is 9.79. The summed E-state index contributed by atoms with van der Waals surface area (Å²) in [7, 11) is 0. The maximum Gasteiger partial charge on any atom is 0.317 e. The van der Waals surface area contributed by atoms with Crippen LogP contribution in [0.5, 0.6) is 0 Å². The van der Waals surface area contributed by atoms with Gasteiger partial charge in [0.2, 0.25) is 0 Å². The highest BCUT2D eigenvalue weighted by Crippen LogP contribution is 2.16. The van der Waals surface area contributed by atoms with E-state index in [9.17, 15) is 9.59 Å². The Balaban J connectivity index is 1.32. The average molecular weight is 352 g/mol. The number of nitrogens with one attached hydrogen (secondary N) is 1. The quantitative estimate of drug-likeness (QED) is 0.811. The van der Waals surface area contributed by atoms with E-state index in [0.29, 0.717) is 39.3 Å². The second-order valence-corrected chi connectivity index (χ2v) is 7.57. The van der Waals surface area contributed by atoms with Crippen molar-refractivity contribution in [2.75, 3.05) is 59.0 Å². The molecule has 3 aliphatic heterocycles. The van der Waals surface area contributed by atoms with Gasteiger partial charge in [-0.3, -0.25) is 4.79 Å². The number of urea groups is 1. The first-order valence-corrected chi connectivity index (χ1v) is 9.79. The Morgan fingerprint density at radius 2 is 1.68 bits per heavy atom. The van der Waals surface area contributed by atoms with Crippen molar-refractivity contribution in [2.24, 2.45) is 5.92 Å². The van der Waals surface area contributed by atoms with Gasteiger partial charge < -0.3 is 24.8 Å². The molecule has 0 bridgehead atoms. The molecule has 0 aromatic carbocycles. The molecule has 3 amide bonds. The van der Waals surface area contributed by atoms with Gasteiger partial charge in [-0.05, 0) is 44.7 Å². The third-order valence-corrected chi connectivity index (χ3v) is 5.66. The molecule has 1 N–H and O–H groups in total. The first kappa shape index (κ1) is 18.5. The summed E-state index contributed by atoms with van der Waals surface area (Å²) >= 11 is 0. The molecule has 0 aromatic heterocycles. The van der Waals surface area contributed by atoms with Crippen molar-refractivity contribution in [3.63, 3.8) is 0 Å². The predicted octanol–water partition coefficient (Wildman–Crippen LogP) is 0.751. The predicted molar refractivity (Wildman–Crippen MR) is 95.4 cm³/mol. The fourth-order valence-corrected chi connectivity index (χ4v) is 3.82. The van der Waals surface area contributed by atoms with Gasteiger partial charge in [0.1, 0.15) is 6.10 Å². The molecule has 7 heteroatoms. The third kappa shape index (κ3) is 5.07. The summed E-state index contributed by atoms with van der Waals surface area (Å²) in [6, 6.07) is -0.00501. The van der Waals surface area contributed by atoms with E-state index in [1.807, 2.05) is 9.80 Å². The Morgan fingerprint density at radius 1 is 1.00 bits per heavy atom. The van der Waals surface area contributed by atoms with Gasteiger partial charge in [-0.1, -0.05) is 6.92 Å². The van der Waals surface area contributed by atoms with Crippen LogP contribution in [0.3, 0.4) is 0 Å². The van der Waals surface area contributed by atoms with Crippen molar-refractivity contribution in [1.29, 1.82) is 0 Å². The summed E-state index contributed by atoms with van der Waals surface area (Å²) in [4.78, 5) is 30.7. The lowest BCUT2D eigenvalue weighted by atomic mass is 9.99. The summed E-state index contributed by atoms with van der Waals surface area (Å²) in [5, 5.41) is 3.03. The number of amides is 3. The Hall–Kier alpha value is -1.34. The minimum Gasteiger partial charge on any atom is -0.368 e. The van der Waals surface area contributed by atoms with Crippen molar-refractivity contribution < 1.29 is 14.3 Å². The number of likely N-dealkylation sites (tertiary alicyclic amines) is 1. The van der Waals surface area contributed by atoms with E-state index in [1.54, 1.807) is 0 Å². The number of piperazine rings is 1. The molecule has 0 aliphatic carbocycles. The number of rotatable bonds is 4. The van der Waals surface area contributed by atoms with Crippen molar-refractivity contribution >= 4 is 11.9 Å². The summed E-state index contributed by atoms with van der Waals surface area (Å²) in [5.74, 6) is 0.927. The molecule has 0 saturated carbocycles. The Labute approximate surface area is 150 Å². The van der Waals surface area contributed by atoms with Gasteiger partial charge in [-0.15, -0.1) is 0 Å². The molecule has 1 atom stereocenters. The zero-order chi connectivity index (χ0) is 17.6. The number of ether oxygens (including phenoxy) is 1. The highest BCUT2D eigenvalue weighted by atomic mass is 16.5. The summed E-state index contributed by atoms with van der Waals surface area (Å²) in [6.45, 7) is 9.32. The van der Waals surface area contributed by atoms with Crippen LogP contribution in [-0.4, -0.2) is 91.7 Å². The molecular formula is C18H32N4O3. The van der Waals surface area contributed by atoms with Gasteiger partial charge in [-0.25, -0.2) is 4.79 Å². The van der Waals surface area contributed by atoms with E-state index in [2.05, 4.69) is 17.1 Å². The molecule has 0 aromatic rings. The van der Waals surface area contributed by atoms with Crippen LogP contribution in [0.15, 0.2) is 0 Å². The number of hydrogen-bond donors (Lipinski definition) is 1. The standard InChI is InChI=1S/C18H32N4O3/c1-15-4-7-20(8-5-15)9-6-19-18(24)22-12-10-21(11-13-22)17(23)16-3-2-14-25-16/h15-16H,2-14H2,1H3,(H,19,24). The lowest BCUT2D eigenvalue weighted by molar-refractivity contribution is -0.142. The Morgan fingerprint density at radius 3 is 2.32 bits per heavy atom. The molecule has 3 saturated heterocycles. The summed E-state index contributed by atoms with van der Waals surface area (Å²) in [6.07, 6.45) is 4.06. The van der Waals surface area contributed by atoms with E-state index in [4.69, 9.17) is 4.74 Å². The molecule has 3 fully saturated rings. The lowest BCUT2D eigenvalue weighted by Crippen LogP contribution is -2.55. The van der Waals surface area contributed by atoms with Crippen molar-refractivity contribution in [1.82, 2.24) is 20.0 Å². The van der Waals surface area contributed by atoms with Crippen LogP contribution in [-0.2, 0) is 9.53 Å². The van der Waals surface area contributed by atoms with Crippen molar-refractivity contribution in [2.45, 2.75) is 38.7 Å². The number of carbonyl (C=O) groups excluding carboxylic acids is 2. The van der Waals surface area contributed by atoms with Crippen LogP contribution in [0.4, 0.5) is 4.79 Å². The molecule has 3 rings (SSSR count). The minimum absolute atomic E-state index is 0.00501. The zero-order valence-electron chi connectivity index (χ0n) is 15.4. The number of piperidine rings is 1. The zero-order valence-corrected chi connectivity index (χ0v) is 15.4. The number of hydrogen-bond acceptors (Lipinski definition) is 4. The topological polar surface area (TPSA) is 65.1 Å². The van der Waals surface area contributed by atoms with Gasteiger partial charge in [0.15, 0.2) is 0 Å². The van der Waals surface area contributed by atoms with Gasteiger partial charge in [0.25, 0.3) is 5.91 Å². The average Bonchev–Trinajstić information content (AvgIpc) is 3.17. The summed E-state index contributed by atoms with van der Waals surface area (Å²) in [5.41, 5.74) is 0. The Bertz CT molecular complexity index is 451.